The van der Waals surface area contributed by atoms with E-state index in [1.54, 1.807) is 0 Å². The molecule has 0 saturated carbocycles. The van der Waals surface area contributed by atoms with Crippen LogP contribution >= 0.6 is 0 Å². The Kier molecular flexibility index (Phi) is 3.88. The number of rotatable bonds is 6. The van der Waals surface area contributed by atoms with Crippen molar-refractivity contribution in [1.29, 1.82) is 0 Å². The van der Waals surface area contributed by atoms with Crippen LogP contribution in [0.1, 0.15) is 11.1 Å². The van der Waals surface area contributed by atoms with E-state index in [-0.39, 0.29) is 0 Å². The van der Waals surface area contributed by atoms with E-state index in [0.717, 1.165) is 26.1 Å². The van der Waals surface area contributed by atoms with Gasteiger partial charge in [0.25, 0.3) is 0 Å². The summed E-state index contributed by atoms with van der Waals surface area (Å²) in [6.45, 7) is 6.76. The first kappa shape index (κ1) is 15.1. The maximum absolute atomic E-state index is 5.38. The predicted octanol–water partition coefficient (Wildman–Crippen LogP) is 2.39. The summed E-state index contributed by atoms with van der Waals surface area (Å²) in [6, 6.07) is 18.3. The molecule has 2 aliphatic rings. The van der Waals surface area contributed by atoms with Crippen molar-refractivity contribution in [2.75, 3.05) is 13.2 Å². The van der Waals surface area contributed by atoms with Crippen molar-refractivity contribution in [1.82, 2.24) is 0 Å². The van der Waals surface area contributed by atoms with Gasteiger partial charge in [0.2, 0.25) is 0 Å². The maximum atomic E-state index is 5.38. The summed E-state index contributed by atoms with van der Waals surface area (Å²) in [4.78, 5) is 0. The average molecular weight is 324 g/mol. The van der Waals surface area contributed by atoms with E-state index < -0.39 is 8.07 Å². The van der Waals surface area contributed by atoms with Gasteiger partial charge in [-0.3, -0.25) is 0 Å². The summed E-state index contributed by atoms with van der Waals surface area (Å²) >= 11 is 0. The second-order valence-corrected chi connectivity index (χ2v) is 11.7. The van der Waals surface area contributed by atoms with Crippen molar-refractivity contribution < 1.29 is 9.47 Å². The highest BCUT2D eigenvalue weighted by Crippen LogP contribution is 2.18. The molecule has 0 aromatic heterocycles. The SMILES string of the molecule is C[Si](C)(c1cccc(CC2CO2)c1)c1cccc(CC2CO2)c1. The Bertz CT molecular complexity index is 643. The Morgan fingerprint density at radius 2 is 1.26 bits per heavy atom. The van der Waals surface area contributed by atoms with Crippen molar-refractivity contribution in [2.45, 2.75) is 38.1 Å². The molecule has 0 radical (unpaired) electrons. The third kappa shape index (κ3) is 3.57. The number of hydrogen-bond acceptors (Lipinski definition) is 2. The predicted molar refractivity (Wildman–Crippen MR) is 96.5 cm³/mol. The zero-order valence-electron chi connectivity index (χ0n) is 13.9. The molecule has 0 aliphatic carbocycles. The van der Waals surface area contributed by atoms with Gasteiger partial charge < -0.3 is 9.47 Å². The monoisotopic (exact) mass is 324 g/mol. The molecule has 0 amide bonds. The summed E-state index contributed by atoms with van der Waals surface area (Å²) < 4.78 is 10.8. The lowest BCUT2D eigenvalue weighted by atomic mass is 10.1. The molecular formula is C20H24O2Si. The molecular weight excluding hydrogens is 300 g/mol. The van der Waals surface area contributed by atoms with Crippen molar-refractivity contribution >= 4 is 18.4 Å². The third-order valence-electron chi connectivity index (χ3n) is 5.03. The lowest BCUT2D eigenvalue weighted by Crippen LogP contribution is -2.53. The molecule has 2 saturated heterocycles. The number of ether oxygens (including phenoxy) is 2. The van der Waals surface area contributed by atoms with Crippen molar-refractivity contribution in [3.8, 4) is 0 Å². The lowest BCUT2D eigenvalue weighted by Gasteiger charge is -2.25. The summed E-state index contributed by atoms with van der Waals surface area (Å²) in [5.74, 6) is 0. The van der Waals surface area contributed by atoms with Crippen LogP contribution in [0.5, 0.6) is 0 Å². The summed E-state index contributed by atoms with van der Waals surface area (Å²) in [7, 11) is -1.66. The van der Waals surface area contributed by atoms with Crippen LogP contribution in [0, 0.1) is 0 Å². The first-order valence-corrected chi connectivity index (χ1v) is 11.5. The van der Waals surface area contributed by atoms with Crippen LogP contribution in [-0.4, -0.2) is 33.5 Å². The minimum atomic E-state index is -1.66. The molecule has 2 aromatic rings. The Morgan fingerprint density at radius 1 is 0.826 bits per heavy atom. The molecule has 2 unspecified atom stereocenters. The summed E-state index contributed by atoms with van der Waals surface area (Å²) in [5.41, 5.74) is 2.82. The first-order valence-electron chi connectivity index (χ1n) is 8.53. The molecule has 2 heterocycles. The van der Waals surface area contributed by atoms with Crippen LogP contribution in [0.15, 0.2) is 48.5 Å². The number of benzene rings is 2. The largest absolute Gasteiger partial charge is 0.373 e. The Labute approximate surface area is 139 Å². The van der Waals surface area contributed by atoms with Gasteiger partial charge >= 0.3 is 0 Å². The lowest BCUT2D eigenvalue weighted by molar-refractivity contribution is 0.407. The fourth-order valence-corrected chi connectivity index (χ4v) is 5.69. The summed E-state index contributed by atoms with van der Waals surface area (Å²) in [6.07, 6.45) is 3.02. The maximum Gasteiger partial charge on any atom is 0.112 e. The van der Waals surface area contributed by atoms with Gasteiger partial charge in [0.1, 0.15) is 8.07 Å². The Morgan fingerprint density at radius 3 is 1.65 bits per heavy atom. The van der Waals surface area contributed by atoms with Gasteiger partial charge in [0, 0.05) is 12.8 Å². The molecule has 0 spiro atoms. The number of epoxide rings is 2. The van der Waals surface area contributed by atoms with Gasteiger partial charge in [-0.05, 0) is 11.1 Å². The summed E-state index contributed by atoms with van der Waals surface area (Å²) in [5, 5.41) is 3.02. The van der Waals surface area contributed by atoms with E-state index in [0.29, 0.717) is 12.2 Å². The molecule has 2 fully saturated rings. The molecule has 23 heavy (non-hydrogen) atoms. The Hall–Kier alpha value is -1.42. The zero-order chi connectivity index (χ0) is 15.9. The van der Waals surface area contributed by atoms with Crippen LogP contribution in [0.3, 0.4) is 0 Å². The van der Waals surface area contributed by atoms with Crippen LogP contribution in [0.25, 0.3) is 0 Å². The van der Waals surface area contributed by atoms with E-state index in [2.05, 4.69) is 61.6 Å². The highest BCUT2D eigenvalue weighted by molar-refractivity contribution is 7.00. The third-order valence-corrected chi connectivity index (χ3v) is 8.54. The van der Waals surface area contributed by atoms with Gasteiger partial charge in [-0.2, -0.15) is 0 Å². The molecule has 2 aromatic carbocycles. The van der Waals surface area contributed by atoms with Crippen LogP contribution in [-0.2, 0) is 22.3 Å². The minimum absolute atomic E-state index is 0.455. The van der Waals surface area contributed by atoms with Crippen LogP contribution in [0.2, 0.25) is 13.1 Å². The van der Waals surface area contributed by atoms with Crippen LogP contribution in [0.4, 0.5) is 0 Å². The van der Waals surface area contributed by atoms with E-state index in [9.17, 15) is 0 Å². The van der Waals surface area contributed by atoms with Gasteiger partial charge in [-0.1, -0.05) is 72.0 Å². The fraction of sp³-hybridized carbons (Fsp3) is 0.400. The Balaban J connectivity index is 1.60. The number of hydrogen-bond donors (Lipinski definition) is 0. The van der Waals surface area contributed by atoms with E-state index in [4.69, 9.17) is 9.47 Å². The van der Waals surface area contributed by atoms with Gasteiger partial charge in [0.15, 0.2) is 0 Å². The smallest absolute Gasteiger partial charge is 0.112 e. The molecule has 0 bridgehead atoms. The van der Waals surface area contributed by atoms with E-state index in [1.165, 1.54) is 21.5 Å². The highest BCUT2D eigenvalue weighted by Gasteiger charge is 2.29. The second kappa shape index (κ2) is 5.89. The molecule has 2 nitrogen and oxygen atoms in total. The molecule has 3 heteroatoms. The topological polar surface area (TPSA) is 25.1 Å². The van der Waals surface area contributed by atoms with Crippen molar-refractivity contribution in [2.24, 2.45) is 0 Å². The fourth-order valence-electron chi connectivity index (χ4n) is 3.24. The quantitative estimate of drug-likeness (QED) is 0.602. The second-order valence-electron chi connectivity index (χ2n) is 7.34. The van der Waals surface area contributed by atoms with Gasteiger partial charge in [0.05, 0.1) is 25.4 Å². The molecule has 2 atom stereocenters. The highest BCUT2D eigenvalue weighted by atomic mass is 28.3. The van der Waals surface area contributed by atoms with E-state index in [1.807, 2.05) is 0 Å². The van der Waals surface area contributed by atoms with Crippen molar-refractivity contribution in [3.63, 3.8) is 0 Å². The normalized spacial score (nSPS) is 22.9. The minimum Gasteiger partial charge on any atom is -0.373 e. The molecule has 120 valence electrons. The molecule has 0 N–H and O–H groups in total. The average Bonchev–Trinajstić information content (AvgIpc) is 3.45. The first-order chi connectivity index (χ1) is 11.1. The van der Waals surface area contributed by atoms with Crippen molar-refractivity contribution in [3.05, 3.63) is 59.7 Å². The molecule has 4 rings (SSSR count). The van der Waals surface area contributed by atoms with E-state index >= 15 is 0 Å². The van der Waals surface area contributed by atoms with Gasteiger partial charge in [-0.25, -0.2) is 0 Å². The van der Waals surface area contributed by atoms with Crippen LogP contribution < -0.4 is 10.4 Å². The zero-order valence-corrected chi connectivity index (χ0v) is 14.9. The standard InChI is InChI=1S/C20H24O2Si/c1-23(2,19-7-3-5-15(11-19)9-17-13-21-17)20-8-4-6-16(12-20)10-18-14-22-18/h3-8,11-12,17-18H,9-10,13-14H2,1-2H3. The molecule has 2 aliphatic heterocycles. The van der Waals surface area contributed by atoms with Gasteiger partial charge in [-0.15, -0.1) is 0 Å².